The molecule has 4 rings (SSSR count). The van der Waals surface area contributed by atoms with Crippen molar-refractivity contribution in [3.05, 3.63) is 0 Å². The Morgan fingerprint density at radius 2 is 1.53 bits per heavy atom. The fourth-order valence-electron chi connectivity index (χ4n) is 4.38. The lowest BCUT2D eigenvalue weighted by Crippen LogP contribution is -2.38. The molecule has 3 aliphatic carbocycles. The first kappa shape index (κ1) is 9.83. The quantitative estimate of drug-likeness (QED) is 0.689. The topological polar surface area (TPSA) is 20.3 Å². The van der Waals surface area contributed by atoms with Crippen LogP contribution in [0.4, 0.5) is 0 Å². The van der Waals surface area contributed by atoms with Crippen LogP contribution in [-0.4, -0.2) is 30.3 Å². The molecule has 0 aromatic heterocycles. The molecule has 2 atom stereocenters. The van der Waals surface area contributed by atoms with Gasteiger partial charge in [-0.2, -0.15) is 0 Å². The fraction of sp³-hybridized carbons (Fsp3) is 0.923. The summed E-state index contributed by atoms with van der Waals surface area (Å²) in [7, 11) is 0. The molecule has 4 fully saturated rings. The van der Waals surface area contributed by atoms with Crippen molar-refractivity contribution in [2.45, 2.75) is 32.6 Å². The van der Waals surface area contributed by atoms with Gasteiger partial charge in [-0.25, -0.2) is 0 Å². The maximum absolute atomic E-state index is 11.1. The molecule has 4 aliphatic rings. The average molecular weight is 207 g/mol. The summed E-state index contributed by atoms with van der Waals surface area (Å²) in [5, 5.41) is 0. The maximum atomic E-state index is 11.1. The van der Waals surface area contributed by atoms with Crippen LogP contribution < -0.4 is 0 Å². The van der Waals surface area contributed by atoms with E-state index in [1.807, 2.05) is 0 Å². The van der Waals surface area contributed by atoms with E-state index >= 15 is 0 Å². The van der Waals surface area contributed by atoms with Crippen LogP contribution in [0.1, 0.15) is 32.6 Å². The molecule has 0 aromatic carbocycles. The molecule has 84 valence electrons. The zero-order valence-electron chi connectivity index (χ0n) is 9.61. The van der Waals surface area contributed by atoms with Crippen molar-refractivity contribution < 1.29 is 4.79 Å². The number of hydrogen-bond acceptors (Lipinski definition) is 2. The van der Waals surface area contributed by atoms with Crippen LogP contribution in [0.15, 0.2) is 0 Å². The van der Waals surface area contributed by atoms with E-state index in [2.05, 4.69) is 4.90 Å². The van der Waals surface area contributed by atoms with Gasteiger partial charge in [0.2, 0.25) is 0 Å². The Bertz CT molecular complexity index is 248. The van der Waals surface area contributed by atoms with E-state index in [0.717, 1.165) is 23.7 Å². The van der Waals surface area contributed by atoms with Crippen molar-refractivity contribution in [1.82, 2.24) is 4.90 Å². The Morgan fingerprint density at radius 1 is 1.07 bits per heavy atom. The van der Waals surface area contributed by atoms with Crippen LogP contribution in [0.2, 0.25) is 0 Å². The Labute approximate surface area is 92.0 Å². The minimum Gasteiger partial charge on any atom is -0.299 e. The second kappa shape index (κ2) is 3.58. The molecule has 2 bridgehead atoms. The highest BCUT2D eigenvalue weighted by Gasteiger charge is 2.47. The summed E-state index contributed by atoms with van der Waals surface area (Å²) in [4.78, 5) is 13.6. The van der Waals surface area contributed by atoms with Crippen molar-refractivity contribution >= 4 is 5.78 Å². The summed E-state index contributed by atoms with van der Waals surface area (Å²) in [5.41, 5.74) is 0. The molecule has 0 unspecified atom stereocenters. The molecule has 3 saturated carbocycles. The number of carbonyl (C=O) groups is 1. The molecular formula is C13H21NO. The van der Waals surface area contributed by atoms with Gasteiger partial charge in [-0.1, -0.05) is 0 Å². The zero-order valence-corrected chi connectivity index (χ0v) is 9.61. The van der Waals surface area contributed by atoms with Crippen LogP contribution in [-0.2, 0) is 4.79 Å². The number of fused-ring (bicyclic) bond motifs is 2. The van der Waals surface area contributed by atoms with Gasteiger partial charge in [0, 0.05) is 13.1 Å². The monoisotopic (exact) mass is 207 g/mol. The van der Waals surface area contributed by atoms with Gasteiger partial charge in [0.25, 0.3) is 0 Å². The summed E-state index contributed by atoms with van der Waals surface area (Å²) >= 11 is 0. The molecule has 0 aromatic rings. The number of Topliss-reactive ketones (excluding diaryl/α,β-unsaturated/α-hetero) is 1. The number of carbonyl (C=O) groups excluding carboxylic acids is 1. The predicted octanol–water partition coefficient (Wildman–Crippen LogP) is 1.94. The molecule has 2 nitrogen and oxygen atoms in total. The largest absolute Gasteiger partial charge is 0.299 e. The van der Waals surface area contributed by atoms with Crippen LogP contribution in [0.3, 0.4) is 0 Å². The molecule has 1 saturated heterocycles. The van der Waals surface area contributed by atoms with Gasteiger partial charge in [-0.15, -0.1) is 0 Å². The molecule has 0 spiro atoms. The first-order valence-corrected chi connectivity index (χ1v) is 6.46. The maximum Gasteiger partial charge on any atom is 0.143 e. The van der Waals surface area contributed by atoms with Crippen LogP contribution >= 0.6 is 0 Å². The van der Waals surface area contributed by atoms with Crippen molar-refractivity contribution in [3.8, 4) is 0 Å². The van der Waals surface area contributed by atoms with E-state index in [1.54, 1.807) is 6.92 Å². The van der Waals surface area contributed by atoms with E-state index < -0.39 is 0 Å². The number of hydrogen-bond donors (Lipinski definition) is 0. The van der Waals surface area contributed by atoms with Gasteiger partial charge in [-0.05, 0) is 56.3 Å². The summed E-state index contributed by atoms with van der Waals surface area (Å²) < 4.78 is 0. The SMILES string of the molecule is CC(=O)CN1C[C@@H]2C3CCC(CC3)[C@@H]2C1. The predicted molar refractivity (Wildman–Crippen MR) is 59.5 cm³/mol. The van der Waals surface area contributed by atoms with Crippen LogP contribution in [0.25, 0.3) is 0 Å². The van der Waals surface area contributed by atoms with Gasteiger partial charge in [-0.3, -0.25) is 9.69 Å². The Balaban J connectivity index is 1.70. The molecule has 0 radical (unpaired) electrons. The Hall–Kier alpha value is -0.370. The first-order valence-electron chi connectivity index (χ1n) is 6.46. The number of rotatable bonds is 2. The first-order chi connectivity index (χ1) is 7.24. The van der Waals surface area contributed by atoms with E-state index in [-0.39, 0.29) is 0 Å². The lowest BCUT2D eigenvalue weighted by atomic mass is 9.60. The van der Waals surface area contributed by atoms with Crippen molar-refractivity contribution in [1.29, 1.82) is 0 Å². The zero-order chi connectivity index (χ0) is 10.4. The van der Waals surface area contributed by atoms with Gasteiger partial charge in [0.15, 0.2) is 0 Å². The number of ketones is 1. The highest BCUT2D eigenvalue weighted by Crippen LogP contribution is 2.51. The summed E-state index contributed by atoms with van der Waals surface area (Å²) in [5.74, 6) is 4.21. The lowest BCUT2D eigenvalue weighted by molar-refractivity contribution is -0.117. The third-order valence-corrected chi connectivity index (χ3v) is 4.96. The molecule has 0 N–H and O–H groups in total. The third kappa shape index (κ3) is 1.63. The van der Waals surface area contributed by atoms with E-state index in [0.29, 0.717) is 12.3 Å². The molecule has 2 heteroatoms. The van der Waals surface area contributed by atoms with Crippen molar-refractivity contribution in [2.75, 3.05) is 19.6 Å². The standard InChI is InChI=1S/C13H21NO/c1-9(15)6-14-7-12-10-2-3-11(5-4-10)13(12)8-14/h10-13H,2-8H2,1H3/t10?,11?,12-,13+. The fourth-order valence-corrected chi connectivity index (χ4v) is 4.38. The second-order valence-corrected chi connectivity index (χ2v) is 5.90. The lowest BCUT2D eigenvalue weighted by Gasteiger charge is -2.45. The summed E-state index contributed by atoms with van der Waals surface area (Å²) in [6, 6.07) is 0. The molecular weight excluding hydrogens is 186 g/mol. The molecule has 15 heavy (non-hydrogen) atoms. The van der Waals surface area contributed by atoms with Crippen LogP contribution in [0.5, 0.6) is 0 Å². The van der Waals surface area contributed by atoms with E-state index in [4.69, 9.17) is 0 Å². The van der Waals surface area contributed by atoms with Gasteiger partial charge in [0.1, 0.15) is 5.78 Å². The highest BCUT2D eigenvalue weighted by molar-refractivity contribution is 5.77. The van der Waals surface area contributed by atoms with E-state index in [9.17, 15) is 4.79 Å². The van der Waals surface area contributed by atoms with Crippen molar-refractivity contribution in [2.24, 2.45) is 23.7 Å². The summed E-state index contributed by atoms with van der Waals surface area (Å²) in [6.45, 7) is 4.85. The normalized spacial score (nSPS) is 44.3. The molecule has 0 amide bonds. The highest BCUT2D eigenvalue weighted by atomic mass is 16.1. The van der Waals surface area contributed by atoms with Gasteiger partial charge < -0.3 is 0 Å². The van der Waals surface area contributed by atoms with Gasteiger partial charge >= 0.3 is 0 Å². The van der Waals surface area contributed by atoms with Gasteiger partial charge in [0.05, 0.1) is 6.54 Å². The molecule has 1 heterocycles. The Morgan fingerprint density at radius 3 is 1.93 bits per heavy atom. The van der Waals surface area contributed by atoms with Crippen molar-refractivity contribution in [3.63, 3.8) is 0 Å². The molecule has 1 aliphatic heterocycles. The minimum atomic E-state index is 0.334. The Kier molecular flexibility index (Phi) is 2.35. The average Bonchev–Trinajstić information content (AvgIpc) is 2.63. The minimum absolute atomic E-state index is 0.334. The van der Waals surface area contributed by atoms with E-state index in [1.165, 1.54) is 38.8 Å². The van der Waals surface area contributed by atoms with Crippen LogP contribution in [0, 0.1) is 23.7 Å². The second-order valence-electron chi connectivity index (χ2n) is 5.90. The number of nitrogens with zero attached hydrogens (tertiary/aromatic N) is 1. The third-order valence-electron chi connectivity index (χ3n) is 4.96. The summed E-state index contributed by atoms with van der Waals surface area (Å²) in [6.07, 6.45) is 5.89. The smallest absolute Gasteiger partial charge is 0.143 e. The number of likely N-dealkylation sites (tertiary alicyclic amines) is 1.